The summed E-state index contributed by atoms with van der Waals surface area (Å²) in [6.45, 7) is -2.20. The van der Waals surface area contributed by atoms with Gasteiger partial charge in [0.1, 0.15) is 5.52 Å². The van der Waals surface area contributed by atoms with Gasteiger partial charge in [-0.2, -0.15) is 35.1 Å². The van der Waals surface area contributed by atoms with Crippen LogP contribution in [0, 0.1) is 0 Å². The number of hydrogen-bond donors (Lipinski definition) is 0. The Labute approximate surface area is 137 Å². The molecule has 3 rings (SSSR count). The highest BCUT2D eigenvalue weighted by atomic mass is 19.4. The highest BCUT2D eigenvalue weighted by Crippen LogP contribution is 2.36. The van der Waals surface area contributed by atoms with E-state index < -0.39 is 42.2 Å². The van der Waals surface area contributed by atoms with Gasteiger partial charge in [-0.3, -0.25) is 0 Å². The van der Waals surface area contributed by atoms with E-state index in [1.807, 2.05) is 0 Å². The van der Waals surface area contributed by atoms with Gasteiger partial charge in [0.25, 0.3) is 5.88 Å². The lowest BCUT2D eigenvalue weighted by atomic mass is 10.3. The number of aromatic nitrogens is 5. The molecule has 0 aliphatic carbocycles. The molecule has 0 radical (unpaired) electrons. The van der Waals surface area contributed by atoms with E-state index in [0.29, 0.717) is 4.40 Å². The number of rotatable bonds is 3. The monoisotopic (exact) mass is 387 g/mol. The van der Waals surface area contributed by atoms with E-state index in [0.717, 1.165) is 12.3 Å². The van der Waals surface area contributed by atoms with Gasteiger partial charge in [0.05, 0.1) is 0 Å². The molecule has 6 nitrogen and oxygen atoms in total. The van der Waals surface area contributed by atoms with Crippen molar-refractivity contribution in [2.24, 2.45) is 0 Å². The lowest BCUT2D eigenvalue weighted by molar-refractivity contribution is -0.290. The standard InChI is InChI=1S/C12H5F8N5O/c13-10(14,12(18,19)20)4-26-8-7-23-24-9(11(15,16)17)25(7)6-5(22-8)2-1-3-21-6/h1-3H,4H2. The van der Waals surface area contributed by atoms with Crippen molar-refractivity contribution >= 4 is 16.8 Å². The Hall–Kier alpha value is -2.80. The Morgan fingerprint density at radius 3 is 2.27 bits per heavy atom. The molecule has 0 atom stereocenters. The van der Waals surface area contributed by atoms with Crippen LogP contribution >= 0.6 is 0 Å². The second kappa shape index (κ2) is 5.60. The predicted octanol–water partition coefficient (Wildman–Crippen LogP) is 3.27. The van der Waals surface area contributed by atoms with Crippen LogP contribution < -0.4 is 4.74 Å². The average Bonchev–Trinajstić information content (AvgIpc) is 2.97. The summed E-state index contributed by atoms with van der Waals surface area (Å²) in [6.07, 6.45) is -9.78. The van der Waals surface area contributed by atoms with E-state index in [-0.39, 0.29) is 11.2 Å². The normalized spacial score (nSPS) is 13.5. The third kappa shape index (κ3) is 2.94. The Balaban J connectivity index is 2.16. The van der Waals surface area contributed by atoms with Crippen molar-refractivity contribution in [3.8, 4) is 5.88 Å². The van der Waals surface area contributed by atoms with Gasteiger partial charge in [0.2, 0.25) is 11.5 Å². The molecule has 3 aromatic heterocycles. The summed E-state index contributed by atoms with van der Waals surface area (Å²) in [5.41, 5.74) is -1.44. The maximum atomic E-state index is 13.1. The summed E-state index contributed by atoms with van der Waals surface area (Å²) in [5, 5.41) is 6.03. The van der Waals surface area contributed by atoms with Crippen molar-refractivity contribution in [3.05, 3.63) is 24.2 Å². The SMILES string of the molecule is FC(F)(F)c1nnc2c(OCC(F)(F)C(F)(F)F)nc3cccnc3n12. The lowest BCUT2D eigenvalue weighted by Gasteiger charge is -2.19. The number of pyridine rings is 1. The quantitative estimate of drug-likeness (QED) is 0.646. The maximum Gasteiger partial charge on any atom is 0.456 e. The second-order valence-corrected chi connectivity index (χ2v) is 4.93. The van der Waals surface area contributed by atoms with Crippen LogP contribution in [-0.4, -0.2) is 43.3 Å². The second-order valence-electron chi connectivity index (χ2n) is 4.93. The largest absolute Gasteiger partial charge is 0.468 e. The van der Waals surface area contributed by atoms with Gasteiger partial charge in [-0.05, 0) is 12.1 Å². The van der Waals surface area contributed by atoms with Crippen LogP contribution in [0.1, 0.15) is 5.82 Å². The van der Waals surface area contributed by atoms with E-state index in [1.54, 1.807) is 0 Å². The summed E-state index contributed by atoms with van der Waals surface area (Å²) in [5.74, 6) is -7.79. The smallest absolute Gasteiger partial charge is 0.456 e. The van der Waals surface area contributed by atoms with Crippen LogP contribution in [0.15, 0.2) is 18.3 Å². The maximum absolute atomic E-state index is 13.1. The molecule has 0 unspecified atom stereocenters. The van der Waals surface area contributed by atoms with Crippen LogP contribution in [-0.2, 0) is 6.18 Å². The summed E-state index contributed by atoms with van der Waals surface area (Å²) >= 11 is 0. The minimum absolute atomic E-state index is 0.254. The van der Waals surface area contributed by atoms with Gasteiger partial charge >= 0.3 is 18.3 Å². The first-order chi connectivity index (χ1) is 11.9. The van der Waals surface area contributed by atoms with Crippen molar-refractivity contribution in [1.82, 2.24) is 24.6 Å². The van der Waals surface area contributed by atoms with Crippen LogP contribution in [0.3, 0.4) is 0 Å². The highest BCUT2D eigenvalue weighted by Gasteiger charge is 2.58. The summed E-state index contributed by atoms with van der Waals surface area (Å²) < 4.78 is 107. The van der Waals surface area contributed by atoms with E-state index in [1.165, 1.54) is 6.07 Å². The number of fused-ring (bicyclic) bond motifs is 3. The van der Waals surface area contributed by atoms with Crippen molar-refractivity contribution < 1.29 is 39.9 Å². The number of ether oxygens (including phenoxy) is 1. The van der Waals surface area contributed by atoms with Gasteiger partial charge < -0.3 is 4.74 Å². The molecule has 0 aliphatic rings. The molecule has 0 bridgehead atoms. The minimum Gasteiger partial charge on any atom is -0.468 e. The Bertz CT molecular complexity index is 964. The van der Waals surface area contributed by atoms with E-state index >= 15 is 0 Å². The van der Waals surface area contributed by atoms with Crippen LogP contribution in [0.4, 0.5) is 35.1 Å². The molecular weight excluding hydrogens is 382 g/mol. The van der Waals surface area contributed by atoms with Crippen molar-refractivity contribution in [1.29, 1.82) is 0 Å². The third-order valence-corrected chi connectivity index (χ3v) is 3.11. The van der Waals surface area contributed by atoms with Crippen molar-refractivity contribution in [2.75, 3.05) is 6.61 Å². The summed E-state index contributed by atoms with van der Waals surface area (Å²) in [6, 6.07) is 2.43. The first-order valence-electron chi connectivity index (χ1n) is 6.56. The molecule has 0 spiro atoms. The van der Waals surface area contributed by atoms with Crippen LogP contribution in [0.25, 0.3) is 16.8 Å². The lowest BCUT2D eigenvalue weighted by Crippen LogP contribution is -2.41. The third-order valence-electron chi connectivity index (χ3n) is 3.11. The van der Waals surface area contributed by atoms with E-state index in [4.69, 9.17) is 0 Å². The molecule has 0 aromatic carbocycles. The molecule has 3 aromatic rings. The van der Waals surface area contributed by atoms with Gasteiger partial charge in [0, 0.05) is 6.20 Å². The van der Waals surface area contributed by atoms with E-state index in [9.17, 15) is 35.1 Å². The molecule has 3 heterocycles. The number of hydrogen-bond acceptors (Lipinski definition) is 5. The molecule has 0 fully saturated rings. The fourth-order valence-corrected chi connectivity index (χ4v) is 1.95. The molecule has 0 saturated heterocycles. The topological polar surface area (TPSA) is 65.2 Å². The summed E-state index contributed by atoms with van der Waals surface area (Å²) in [4.78, 5) is 7.29. The Morgan fingerprint density at radius 1 is 0.962 bits per heavy atom. The predicted molar refractivity (Wildman–Crippen MR) is 67.6 cm³/mol. The zero-order chi connectivity index (χ0) is 19.3. The molecule has 14 heteroatoms. The summed E-state index contributed by atoms with van der Waals surface area (Å²) in [7, 11) is 0. The van der Waals surface area contributed by atoms with Gasteiger partial charge in [-0.15, -0.1) is 10.2 Å². The van der Waals surface area contributed by atoms with Crippen molar-refractivity contribution in [2.45, 2.75) is 18.3 Å². The molecular formula is C12H5F8N5O. The number of halogens is 8. The van der Waals surface area contributed by atoms with Gasteiger partial charge in [-0.1, -0.05) is 0 Å². The highest BCUT2D eigenvalue weighted by molar-refractivity contribution is 5.76. The fourth-order valence-electron chi connectivity index (χ4n) is 1.95. The molecule has 0 saturated carbocycles. The molecule has 26 heavy (non-hydrogen) atoms. The zero-order valence-electron chi connectivity index (χ0n) is 12.1. The number of nitrogens with zero attached hydrogens (tertiary/aromatic N) is 5. The molecule has 0 aliphatic heterocycles. The fraction of sp³-hybridized carbons (Fsp3) is 0.333. The first kappa shape index (κ1) is 18.0. The van der Waals surface area contributed by atoms with Gasteiger partial charge in [0.15, 0.2) is 12.3 Å². The number of alkyl halides is 8. The van der Waals surface area contributed by atoms with Crippen molar-refractivity contribution in [3.63, 3.8) is 0 Å². The zero-order valence-corrected chi connectivity index (χ0v) is 12.1. The molecule has 140 valence electrons. The minimum atomic E-state index is -5.91. The Morgan fingerprint density at radius 2 is 1.65 bits per heavy atom. The molecule has 0 amide bonds. The average molecular weight is 387 g/mol. The van der Waals surface area contributed by atoms with Crippen LogP contribution in [0.5, 0.6) is 5.88 Å². The van der Waals surface area contributed by atoms with E-state index in [2.05, 4.69) is 24.9 Å². The first-order valence-corrected chi connectivity index (χ1v) is 6.56. The van der Waals surface area contributed by atoms with Crippen LogP contribution in [0.2, 0.25) is 0 Å². The molecule has 0 N–H and O–H groups in total. The Kier molecular flexibility index (Phi) is 3.88. The van der Waals surface area contributed by atoms with Gasteiger partial charge in [-0.25, -0.2) is 14.4 Å².